The molecule has 0 aliphatic heterocycles. The van der Waals surface area contributed by atoms with Crippen LogP contribution < -0.4 is 10.6 Å². The number of rotatable bonds is 7. The van der Waals surface area contributed by atoms with E-state index in [0.29, 0.717) is 6.54 Å². The SMILES string of the molecule is CCN(CC)CCNC(=NC)NCc1cccc(Cl)c1.I. The molecule has 1 aromatic rings. The van der Waals surface area contributed by atoms with Crippen LogP contribution in [0, 0.1) is 0 Å². The summed E-state index contributed by atoms with van der Waals surface area (Å²) in [6.07, 6.45) is 0. The molecule has 0 bridgehead atoms. The Hall–Kier alpha value is -0.530. The lowest BCUT2D eigenvalue weighted by molar-refractivity contribution is 0.308. The third-order valence-electron chi connectivity index (χ3n) is 3.19. The Kier molecular flexibility index (Phi) is 11.8. The van der Waals surface area contributed by atoms with E-state index in [4.69, 9.17) is 11.6 Å². The maximum Gasteiger partial charge on any atom is 0.191 e. The molecular formula is C15H26ClIN4. The van der Waals surface area contributed by atoms with Gasteiger partial charge in [-0.2, -0.15) is 0 Å². The predicted octanol–water partition coefficient (Wildman–Crippen LogP) is 2.96. The lowest BCUT2D eigenvalue weighted by Gasteiger charge is -2.19. The first-order chi connectivity index (χ1) is 9.69. The molecule has 4 nitrogen and oxygen atoms in total. The fourth-order valence-corrected chi connectivity index (χ4v) is 2.14. The van der Waals surface area contributed by atoms with Gasteiger partial charge in [0.15, 0.2) is 5.96 Å². The highest BCUT2D eigenvalue weighted by molar-refractivity contribution is 14.0. The largest absolute Gasteiger partial charge is 0.355 e. The van der Waals surface area contributed by atoms with Gasteiger partial charge in [-0.05, 0) is 30.8 Å². The van der Waals surface area contributed by atoms with Crippen LogP contribution in [0.2, 0.25) is 5.02 Å². The molecule has 0 radical (unpaired) electrons. The van der Waals surface area contributed by atoms with Crippen LogP contribution in [0.15, 0.2) is 29.3 Å². The normalized spacial score (nSPS) is 11.2. The van der Waals surface area contributed by atoms with Crippen molar-refractivity contribution in [1.82, 2.24) is 15.5 Å². The van der Waals surface area contributed by atoms with Crippen LogP contribution in [-0.2, 0) is 6.54 Å². The fraction of sp³-hybridized carbons (Fsp3) is 0.533. The minimum absolute atomic E-state index is 0. The molecule has 0 aliphatic rings. The zero-order valence-corrected chi connectivity index (χ0v) is 16.1. The van der Waals surface area contributed by atoms with E-state index >= 15 is 0 Å². The number of hydrogen-bond acceptors (Lipinski definition) is 2. The molecule has 0 fully saturated rings. The highest BCUT2D eigenvalue weighted by Gasteiger charge is 2.01. The number of benzene rings is 1. The van der Waals surface area contributed by atoms with Gasteiger partial charge >= 0.3 is 0 Å². The van der Waals surface area contributed by atoms with E-state index in [1.807, 2.05) is 24.3 Å². The fourth-order valence-electron chi connectivity index (χ4n) is 1.93. The van der Waals surface area contributed by atoms with Crippen molar-refractivity contribution in [3.05, 3.63) is 34.9 Å². The monoisotopic (exact) mass is 424 g/mol. The minimum atomic E-state index is 0. The van der Waals surface area contributed by atoms with Gasteiger partial charge < -0.3 is 15.5 Å². The number of halogens is 2. The highest BCUT2D eigenvalue weighted by atomic mass is 127. The molecule has 0 unspecified atom stereocenters. The number of likely N-dealkylation sites (N-methyl/N-ethyl adjacent to an activating group) is 1. The standard InChI is InChI=1S/C15H25ClN4.HI/c1-4-20(5-2)10-9-18-15(17-3)19-12-13-7-6-8-14(16)11-13;/h6-8,11H,4-5,9-10,12H2,1-3H3,(H2,17,18,19);1H. The van der Waals surface area contributed by atoms with E-state index in [1.54, 1.807) is 7.05 Å². The molecule has 0 saturated heterocycles. The van der Waals surface area contributed by atoms with Gasteiger partial charge in [-0.1, -0.05) is 37.6 Å². The van der Waals surface area contributed by atoms with Crippen molar-refractivity contribution >= 4 is 41.5 Å². The first-order valence-corrected chi connectivity index (χ1v) is 7.48. The van der Waals surface area contributed by atoms with Crippen molar-refractivity contribution in [2.75, 3.05) is 33.2 Å². The summed E-state index contributed by atoms with van der Waals surface area (Å²) in [6, 6.07) is 7.83. The topological polar surface area (TPSA) is 39.7 Å². The average Bonchev–Trinajstić information content (AvgIpc) is 2.47. The Morgan fingerprint density at radius 2 is 1.95 bits per heavy atom. The summed E-state index contributed by atoms with van der Waals surface area (Å²) in [7, 11) is 1.78. The summed E-state index contributed by atoms with van der Waals surface area (Å²) in [4.78, 5) is 6.59. The van der Waals surface area contributed by atoms with Crippen LogP contribution in [0.1, 0.15) is 19.4 Å². The number of guanidine groups is 1. The van der Waals surface area contributed by atoms with Crippen LogP contribution in [0.5, 0.6) is 0 Å². The molecule has 120 valence electrons. The van der Waals surface area contributed by atoms with Crippen LogP contribution in [0.25, 0.3) is 0 Å². The Morgan fingerprint density at radius 3 is 2.52 bits per heavy atom. The van der Waals surface area contributed by atoms with Crippen LogP contribution in [0.4, 0.5) is 0 Å². The summed E-state index contributed by atoms with van der Waals surface area (Å²) in [5.74, 6) is 0.817. The third kappa shape index (κ3) is 8.48. The molecule has 0 aliphatic carbocycles. The molecule has 1 rings (SSSR count). The van der Waals surface area contributed by atoms with E-state index < -0.39 is 0 Å². The number of nitrogens with zero attached hydrogens (tertiary/aromatic N) is 2. The smallest absolute Gasteiger partial charge is 0.191 e. The van der Waals surface area contributed by atoms with Crippen molar-refractivity contribution in [3.63, 3.8) is 0 Å². The second-order valence-corrected chi connectivity index (χ2v) is 4.95. The van der Waals surface area contributed by atoms with Crippen molar-refractivity contribution in [3.8, 4) is 0 Å². The summed E-state index contributed by atoms with van der Waals surface area (Å²) in [6.45, 7) is 9.12. The molecular weight excluding hydrogens is 399 g/mol. The van der Waals surface area contributed by atoms with Crippen LogP contribution in [-0.4, -0.2) is 44.1 Å². The molecule has 0 spiro atoms. The van der Waals surface area contributed by atoms with Gasteiger partial charge in [0.05, 0.1) is 0 Å². The van der Waals surface area contributed by atoms with E-state index in [9.17, 15) is 0 Å². The van der Waals surface area contributed by atoms with Crippen molar-refractivity contribution < 1.29 is 0 Å². The summed E-state index contributed by atoms with van der Waals surface area (Å²) in [5.41, 5.74) is 1.14. The first-order valence-electron chi connectivity index (χ1n) is 7.10. The molecule has 21 heavy (non-hydrogen) atoms. The molecule has 0 heterocycles. The molecule has 0 aromatic heterocycles. The summed E-state index contributed by atoms with van der Waals surface area (Å²) >= 11 is 5.97. The van der Waals surface area contributed by atoms with Gasteiger partial charge in [-0.15, -0.1) is 24.0 Å². The number of aliphatic imine (C=N–C) groups is 1. The van der Waals surface area contributed by atoms with Gasteiger partial charge in [0.1, 0.15) is 0 Å². The van der Waals surface area contributed by atoms with Crippen LogP contribution in [0.3, 0.4) is 0 Å². The lowest BCUT2D eigenvalue weighted by Crippen LogP contribution is -2.41. The van der Waals surface area contributed by atoms with Gasteiger partial charge in [0, 0.05) is 31.7 Å². The van der Waals surface area contributed by atoms with Crippen molar-refractivity contribution in [2.45, 2.75) is 20.4 Å². The van der Waals surface area contributed by atoms with E-state index in [-0.39, 0.29) is 24.0 Å². The Balaban J connectivity index is 0.00000400. The lowest BCUT2D eigenvalue weighted by atomic mass is 10.2. The van der Waals surface area contributed by atoms with E-state index in [2.05, 4.69) is 34.4 Å². The molecule has 0 atom stereocenters. The van der Waals surface area contributed by atoms with Gasteiger partial charge in [-0.25, -0.2) is 0 Å². The second kappa shape index (κ2) is 12.1. The Labute approximate surface area is 150 Å². The molecule has 1 aromatic carbocycles. The number of hydrogen-bond donors (Lipinski definition) is 2. The van der Waals surface area contributed by atoms with Gasteiger partial charge in [0.25, 0.3) is 0 Å². The molecule has 2 N–H and O–H groups in total. The summed E-state index contributed by atoms with van der Waals surface area (Å²) in [5, 5.41) is 7.36. The number of nitrogens with one attached hydrogen (secondary N) is 2. The second-order valence-electron chi connectivity index (χ2n) is 4.51. The molecule has 6 heteroatoms. The Morgan fingerprint density at radius 1 is 1.24 bits per heavy atom. The van der Waals surface area contributed by atoms with E-state index in [1.165, 1.54) is 0 Å². The quantitative estimate of drug-likeness (QED) is 0.402. The predicted molar refractivity (Wildman–Crippen MR) is 103 cm³/mol. The van der Waals surface area contributed by atoms with Crippen molar-refractivity contribution in [2.24, 2.45) is 4.99 Å². The first kappa shape index (κ1) is 20.5. The van der Waals surface area contributed by atoms with Gasteiger partial charge in [-0.3, -0.25) is 4.99 Å². The maximum atomic E-state index is 5.97. The van der Waals surface area contributed by atoms with Crippen molar-refractivity contribution in [1.29, 1.82) is 0 Å². The zero-order valence-electron chi connectivity index (χ0n) is 13.0. The average molecular weight is 425 g/mol. The van der Waals surface area contributed by atoms with E-state index in [0.717, 1.165) is 42.7 Å². The van der Waals surface area contributed by atoms with Crippen LogP contribution >= 0.6 is 35.6 Å². The zero-order chi connectivity index (χ0) is 14.8. The summed E-state index contributed by atoms with van der Waals surface area (Å²) < 4.78 is 0. The Bertz CT molecular complexity index is 422. The third-order valence-corrected chi connectivity index (χ3v) is 3.42. The highest BCUT2D eigenvalue weighted by Crippen LogP contribution is 2.10. The molecule has 0 saturated carbocycles. The molecule has 0 amide bonds. The maximum absolute atomic E-state index is 5.97. The van der Waals surface area contributed by atoms with Gasteiger partial charge in [0.2, 0.25) is 0 Å². The minimum Gasteiger partial charge on any atom is -0.355 e.